The van der Waals surface area contributed by atoms with Crippen LogP contribution in [0.5, 0.6) is 0 Å². The summed E-state index contributed by atoms with van der Waals surface area (Å²) < 4.78 is 17.5. The van der Waals surface area contributed by atoms with E-state index in [-0.39, 0.29) is 23.8 Å². The molecule has 256 valence electrons. The van der Waals surface area contributed by atoms with Gasteiger partial charge in [0.2, 0.25) is 11.8 Å². The van der Waals surface area contributed by atoms with Gasteiger partial charge in [0, 0.05) is 57.7 Å². The molecule has 2 amide bonds. The summed E-state index contributed by atoms with van der Waals surface area (Å²) in [5, 5.41) is 17.3. The van der Waals surface area contributed by atoms with E-state index in [1.54, 1.807) is 7.11 Å². The molecule has 9 atom stereocenters. The van der Waals surface area contributed by atoms with Gasteiger partial charge in [-0.25, -0.2) is 0 Å². The van der Waals surface area contributed by atoms with Crippen molar-refractivity contribution in [2.45, 2.75) is 114 Å². The minimum Gasteiger partial charge on any atom is -0.390 e. The lowest BCUT2D eigenvalue weighted by atomic mass is 9.70. The third-order valence-electron chi connectivity index (χ3n) is 12.5. The summed E-state index contributed by atoms with van der Waals surface area (Å²) in [6.45, 7) is 8.14. The maximum atomic E-state index is 13.2. The molecule has 8 unspecified atom stereocenters. The summed E-state index contributed by atoms with van der Waals surface area (Å²) in [4.78, 5) is 30.9. The molecule has 6 aliphatic rings. The number of fused-ring (bicyclic) bond motifs is 2. The molecule has 6 rings (SSSR count). The molecule has 0 bridgehead atoms. The molecule has 3 heterocycles. The summed E-state index contributed by atoms with van der Waals surface area (Å²) in [5.41, 5.74) is 0. The molecular formula is C35H60N4O6. The Hall–Kier alpha value is -1.30. The number of likely N-dealkylation sites (tertiary alicyclic amines) is 2. The van der Waals surface area contributed by atoms with Gasteiger partial charge in [0.05, 0.1) is 37.8 Å². The highest BCUT2D eigenvalue weighted by Gasteiger charge is 2.40. The molecule has 10 nitrogen and oxygen atoms in total. The Balaban J connectivity index is 0.857. The molecule has 6 fully saturated rings. The maximum Gasteiger partial charge on any atom is 0.225 e. The molecule has 0 aromatic rings. The highest BCUT2D eigenvalue weighted by atomic mass is 16.5. The van der Waals surface area contributed by atoms with Gasteiger partial charge >= 0.3 is 0 Å². The summed E-state index contributed by atoms with van der Waals surface area (Å²) >= 11 is 0. The van der Waals surface area contributed by atoms with Gasteiger partial charge in [-0.3, -0.25) is 14.9 Å². The molecular weight excluding hydrogens is 572 g/mol. The number of amides is 2. The zero-order chi connectivity index (χ0) is 31.3. The number of ether oxygens (including phenoxy) is 3. The minimum absolute atomic E-state index is 0.0258. The number of rotatable bonds is 10. The van der Waals surface area contributed by atoms with Crippen LogP contribution in [0.15, 0.2) is 0 Å². The Kier molecular flexibility index (Phi) is 11.7. The summed E-state index contributed by atoms with van der Waals surface area (Å²) in [6.07, 6.45) is 12.5. The van der Waals surface area contributed by atoms with E-state index in [0.29, 0.717) is 74.3 Å². The number of β-amino-alcohol motifs (C(OH)–C–C–N with tert-alkyl or cyclic N) is 1. The van der Waals surface area contributed by atoms with Crippen LogP contribution in [0.4, 0.5) is 0 Å². The number of aliphatic hydroxyl groups is 1. The highest BCUT2D eigenvalue weighted by molar-refractivity contribution is 5.79. The van der Waals surface area contributed by atoms with Crippen molar-refractivity contribution in [2.75, 3.05) is 59.7 Å². The topological polar surface area (TPSA) is 113 Å². The maximum absolute atomic E-state index is 13.2. The van der Waals surface area contributed by atoms with Crippen molar-refractivity contribution >= 4 is 11.8 Å². The summed E-state index contributed by atoms with van der Waals surface area (Å²) in [6, 6.07) is 0.355. The molecule has 0 spiro atoms. The Bertz CT molecular complexity index is 978. The lowest BCUT2D eigenvalue weighted by Crippen LogP contribution is -2.50. The first-order chi connectivity index (χ1) is 21.9. The number of carbonyl (C=O) groups is 2. The second-order valence-corrected chi connectivity index (χ2v) is 15.4. The van der Waals surface area contributed by atoms with Crippen molar-refractivity contribution in [3.8, 4) is 0 Å². The van der Waals surface area contributed by atoms with Crippen molar-refractivity contribution in [3.05, 3.63) is 0 Å². The number of methoxy groups -OCH3 is 1. The summed E-state index contributed by atoms with van der Waals surface area (Å²) in [5.74, 6) is 3.04. The van der Waals surface area contributed by atoms with E-state index in [2.05, 4.69) is 27.4 Å². The molecule has 0 aromatic carbocycles. The van der Waals surface area contributed by atoms with Gasteiger partial charge in [0.1, 0.15) is 0 Å². The SMILES string of the molecule is COC1CCC(C(=O)N2CCC3CC(C(=O)NC[C@H](O)CN4CCC5CC(OCC6OCNC6C)CCC5C4)CCC3C2)CC1. The first-order valence-corrected chi connectivity index (χ1v) is 18.3. The van der Waals surface area contributed by atoms with E-state index >= 15 is 0 Å². The highest BCUT2D eigenvalue weighted by Crippen LogP contribution is 2.41. The number of hydrogen-bond donors (Lipinski definition) is 3. The first-order valence-electron chi connectivity index (χ1n) is 18.3. The molecule has 0 radical (unpaired) electrons. The van der Waals surface area contributed by atoms with Crippen LogP contribution < -0.4 is 10.6 Å². The van der Waals surface area contributed by atoms with Crippen LogP contribution >= 0.6 is 0 Å². The average Bonchev–Trinajstić information content (AvgIpc) is 3.49. The Labute approximate surface area is 270 Å². The van der Waals surface area contributed by atoms with Crippen LogP contribution in [-0.4, -0.2) is 117 Å². The molecule has 3 saturated carbocycles. The van der Waals surface area contributed by atoms with Gasteiger partial charge in [-0.05, 0) is 114 Å². The normalized spacial score (nSPS) is 39.9. The van der Waals surface area contributed by atoms with E-state index < -0.39 is 6.10 Å². The predicted molar refractivity (Wildman–Crippen MR) is 171 cm³/mol. The number of piperidine rings is 2. The number of nitrogens with zero attached hydrogens (tertiary/aromatic N) is 2. The lowest BCUT2D eigenvalue weighted by molar-refractivity contribution is -0.141. The average molecular weight is 633 g/mol. The summed E-state index contributed by atoms with van der Waals surface area (Å²) in [7, 11) is 1.77. The second kappa shape index (κ2) is 15.7. The molecule has 0 aromatic heterocycles. The van der Waals surface area contributed by atoms with Gasteiger partial charge in [0.15, 0.2) is 0 Å². The van der Waals surface area contributed by atoms with Gasteiger partial charge in [-0.2, -0.15) is 0 Å². The van der Waals surface area contributed by atoms with E-state index in [4.69, 9.17) is 14.2 Å². The molecule has 45 heavy (non-hydrogen) atoms. The molecule has 3 aliphatic carbocycles. The monoisotopic (exact) mass is 632 g/mol. The fourth-order valence-corrected chi connectivity index (χ4v) is 9.54. The van der Waals surface area contributed by atoms with E-state index in [1.807, 2.05) is 0 Å². The van der Waals surface area contributed by atoms with Crippen LogP contribution in [0.1, 0.15) is 84.0 Å². The molecule has 3 saturated heterocycles. The van der Waals surface area contributed by atoms with E-state index in [1.165, 1.54) is 6.42 Å². The Morgan fingerprint density at radius 2 is 1.60 bits per heavy atom. The van der Waals surface area contributed by atoms with Crippen LogP contribution in [0.3, 0.4) is 0 Å². The fourth-order valence-electron chi connectivity index (χ4n) is 9.54. The lowest BCUT2D eigenvalue weighted by Gasteiger charge is -2.44. The standard InChI is InChI=1S/C35H60N4O6/c1-23-33(45-22-37-23)21-44-32-10-7-28-18-38(13-11-26(28)16-32)20-30(40)17-36-34(41)27-3-4-29-19-39(14-12-25(29)15-27)35(42)24-5-8-31(43-2)9-6-24/h23-33,37,40H,3-22H2,1-2H3,(H,36,41)/t23?,24?,25?,26?,27?,28?,29?,30-,31?,32?,33?/m0/s1. The van der Waals surface area contributed by atoms with E-state index in [9.17, 15) is 14.7 Å². The molecule has 3 N–H and O–H groups in total. The molecule has 3 aliphatic heterocycles. The second-order valence-electron chi connectivity index (χ2n) is 15.4. The smallest absolute Gasteiger partial charge is 0.225 e. The number of aliphatic hydroxyl groups excluding tert-OH is 1. The van der Waals surface area contributed by atoms with Crippen LogP contribution in [0.25, 0.3) is 0 Å². The van der Waals surface area contributed by atoms with Gasteiger partial charge in [-0.15, -0.1) is 0 Å². The van der Waals surface area contributed by atoms with Crippen molar-refractivity contribution in [2.24, 2.45) is 35.5 Å². The Morgan fingerprint density at radius 1 is 0.889 bits per heavy atom. The number of nitrogens with one attached hydrogen (secondary N) is 2. The largest absolute Gasteiger partial charge is 0.390 e. The van der Waals surface area contributed by atoms with E-state index in [0.717, 1.165) is 96.8 Å². The van der Waals surface area contributed by atoms with Crippen molar-refractivity contribution in [1.82, 2.24) is 20.4 Å². The minimum atomic E-state index is -0.545. The van der Waals surface area contributed by atoms with Crippen molar-refractivity contribution < 1.29 is 28.9 Å². The van der Waals surface area contributed by atoms with Gasteiger partial charge in [-0.1, -0.05) is 0 Å². The van der Waals surface area contributed by atoms with Crippen LogP contribution in [0, 0.1) is 35.5 Å². The Morgan fingerprint density at radius 3 is 2.38 bits per heavy atom. The van der Waals surface area contributed by atoms with Crippen molar-refractivity contribution in [1.29, 1.82) is 0 Å². The van der Waals surface area contributed by atoms with Crippen molar-refractivity contribution in [3.63, 3.8) is 0 Å². The third kappa shape index (κ3) is 8.60. The zero-order valence-corrected chi connectivity index (χ0v) is 27.9. The first kappa shape index (κ1) is 33.6. The van der Waals surface area contributed by atoms with Crippen LogP contribution in [0.2, 0.25) is 0 Å². The zero-order valence-electron chi connectivity index (χ0n) is 27.9. The fraction of sp³-hybridized carbons (Fsp3) is 0.943. The molecule has 10 heteroatoms. The third-order valence-corrected chi connectivity index (χ3v) is 12.5. The quantitative estimate of drug-likeness (QED) is 0.337. The van der Waals surface area contributed by atoms with Crippen LogP contribution in [-0.2, 0) is 23.8 Å². The van der Waals surface area contributed by atoms with Gasteiger partial charge in [0.25, 0.3) is 0 Å². The predicted octanol–water partition coefficient (Wildman–Crippen LogP) is 2.78. The number of hydrogen-bond acceptors (Lipinski definition) is 8. The van der Waals surface area contributed by atoms with Gasteiger partial charge < -0.3 is 34.4 Å². The number of carbonyl (C=O) groups excluding carboxylic acids is 2.